The Morgan fingerprint density at radius 1 is 1.45 bits per heavy atom. The normalized spacial score (nSPS) is 18.0. The van der Waals surface area contributed by atoms with E-state index < -0.39 is 29.5 Å². The van der Waals surface area contributed by atoms with Crippen molar-refractivity contribution < 1.29 is 23.5 Å². The Kier molecular flexibility index (Phi) is 5.13. The van der Waals surface area contributed by atoms with Crippen LogP contribution in [0.25, 0.3) is 0 Å². The van der Waals surface area contributed by atoms with Crippen molar-refractivity contribution >= 4 is 29.4 Å². The standard InChI is InChI=1S/C15H15ClFNO4/c1-2-22-14(20)8-18-13(19)7-10(15(18)21)5-9-3-4-12(17)11(16)6-9/h3-4,6,10H,2,5,7-8H2,1H3. The van der Waals surface area contributed by atoms with Crippen LogP contribution in [0.4, 0.5) is 4.39 Å². The van der Waals surface area contributed by atoms with Crippen molar-refractivity contribution in [2.75, 3.05) is 13.2 Å². The molecule has 118 valence electrons. The SMILES string of the molecule is CCOC(=O)CN1C(=O)CC(Cc2ccc(F)c(Cl)c2)C1=O. The Hall–Kier alpha value is -1.95. The summed E-state index contributed by atoms with van der Waals surface area (Å²) in [6, 6.07) is 4.17. The predicted molar refractivity (Wildman–Crippen MR) is 76.6 cm³/mol. The van der Waals surface area contributed by atoms with E-state index in [1.54, 1.807) is 6.92 Å². The van der Waals surface area contributed by atoms with Gasteiger partial charge in [-0.1, -0.05) is 17.7 Å². The van der Waals surface area contributed by atoms with Gasteiger partial charge in [-0.05, 0) is 31.0 Å². The minimum atomic E-state index is -0.616. The molecule has 1 fully saturated rings. The van der Waals surface area contributed by atoms with Gasteiger partial charge in [0.15, 0.2) is 0 Å². The molecule has 0 spiro atoms. The van der Waals surface area contributed by atoms with Gasteiger partial charge in [-0.3, -0.25) is 19.3 Å². The van der Waals surface area contributed by atoms with E-state index in [9.17, 15) is 18.8 Å². The van der Waals surface area contributed by atoms with Crippen molar-refractivity contribution in [3.63, 3.8) is 0 Å². The fraction of sp³-hybridized carbons (Fsp3) is 0.400. The van der Waals surface area contributed by atoms with Crippen molar-refractivity contribution in [1.82, 2.24) is 4.90 Å². The largest absolute Gasteiger partial charge is 0.465 e. The number of halogens is 2. The van der Waals surface area contributed by atoms with Crippen LogP contribution in [-0.2, 0) is 25.5 Å². The molecule has 0 aliphatic carbocycles. The molecule has 1 aromatic carbocycles. The minimum absolute atomic E-state index is 0.0211. The molecule has 7 heteroatoms. The molecule has 1 aromatic rings. The van der Waals surface area contributed by atoms with E-state index in [-0.39, 0.29) is 31.0 Å². The lowest BCUT2D eigenvalue weighted by atomic mass is 9.98. The van der Waals surface area contributed by atoms with Crippen LogP contribution in [0, 0.1) is 11.7 Å². The number of rotatable bonds is 5. The molecule has 0 radical (unpaired) electrons. The first-order chi connectivity index (χ1) is 10.4. The summed E-state index contributed by atoms with van der Waals surface area (Å²) in [6.07, 6.45) is 0.289. The molecule has 22 heavy (non-hydrogen) atoms. The molecular formula is C15H15ClFNO4. The Morgan fingerprint density at radius 2 is 2.18 bits per heavy atom. The van der Waals surface area contributed by atoms with Gasteiger partial charge in [-0.2, -0.15) is 0 Å². The summed E-state index contributed by atoms with van der Waals surface area (Å²) in [7, 11) is 0. The molecule has 0 saturated carbocycles. The first-order valence-corrected chi connectivity index (χ1v) is 7.24. The Labute approximate surface area is 132 Å². The van der Waals surface area contributed by atoms with Crippen LogP contribution in [-0.4, -0.2) is 35.8 Å². The average molecular weight is 328 g/mol. The number of ether oxygens (including phenoxy) is 1. The van der Waals surface area contributed by atoms with Crippen molar-refractivity contribution in [2.24, 2.45) is 5.92 Å². The van der Waals surface area contributed by atoms with Gasteiger partial charge in [0.2, 0.25) is 11.8 Å². The molecule has 2 rings (SSSR count). The third-order valence-electron chi connectivity index (χ3n) is 3.40. The Balaban J connectivity index is 2.04. The molecule has 0 aromatic heterocycles. The number of likely N-dealkylation sites (tertiary alicyclic amines) is 1. The Morgan fingerprint density at radius 3 is 2.82 bits per heavy atom. The lowest BCUT2D eigenvalue weighted by molar-refractivity contribution is -0.152. The summed E-state index contributed by atoms with van der Waals surface area (Å²) in [5.74, 6) is -2.55. The van der Waals surface area contributed by atoms with Gasteiger partial charge in [0.25, 0.3) is 0 Å². The molecular weight excluding hydrogens is 313 g/mol. The first-order valence-electron chi connectivity index (χ1n) is 6.86. The van der Waals surface area contributed by atoms with E-state index in [2.05, 4.69) is 0 Å². The third-order valence-corrected chi connectivity index (χ3v) is 3.69. The minimum Gasteiger partial charge on any atom is -0.465 e. The van der Waals surface area contributed by atoms with Crippen molar-refractivity contribution in [3.8, 4) is 0 Å². The second kappa shape index (κ2) is 6.87. The number of hydrogen-bond donors (Lipinski definition) is 0. The maximum atomic E-state index is 13.1. The van der Waals surface area contributed by atoms with Crippen molar-refractivity contribution in [3.05, 3.63) is 34.6 Å². The van der Waals surface area contributed by atoms with Crippen LogP contribution < -0.4 is 0 Å². The Bertz CT molecular complexity index is 620. The smallest absolute Gasteiger partial charge is 0.326 e. The van der Waals surface area contributed by atoms with Crippen LogP contribution in [0.3, 0.4) is 0 Å². The van der Waals surface area contributed by atoms with Gasteiger partial charge >= 0.3 is 5.97 Å². The highest BCUT2D eigenvalue weighted by Gasteiger charge is 2.39. The van der Waals surface area contributed by atoms with Gasteiger partial charge in [0.1, 0.15) is 12.4 Å². The zero-order valence-electron chi connectivity index (χ0n) is 12.0. The summed E-state index contributed by atoms with van der Waals surface area (Å²) in [6.45, 7) is 1.46. The zero-order valence-corrected chi connectivity index (χ0v) is 12.7. The van der Waals surface area contributed by atoms with E-state index in [0.29, 0.717) is 5.56 Å². The van der Waals surface area contributed by atoms with Gasteiger partial charge in [0.05, 0.1) is 17.5 Å². The molecule has 1 aliphatic rings. The molecule has 0 N–H and O–H groups in total. The summed E-state index contributed by atoms with van der Waals surface area (Å²) in [5, 5.41) is -0.0300. The number of carbonyl (C=O) groups excluding carboxylic acids is 3. The van der Waals surface area contributed by atoms with Crippen LogP contribution in [0.15, 0.2) is 18.2 Å². The summed E-state index contributed by atoms with van der Waals surface area (Å²) < 4.78 is 17.9. The van der Waals surface area contributed by atoms with E-state index >= 15 is 0 Å². The molecule has 1 aliphatic heterocycles. The van der Waals surface area contributed by atoms with Crippen LogP contribution >= 0.6 is 11.6 Å². The summed E-state index contributed by atoms with van der Waals surface area (Å²) >= 11 is 5.70. The second-order valence-corrected chi connectivity index (χ2v) is 5.38. The number of esters is 1. The predicted octanol–water partition coefficient (Wildman–Crippen LogP) is 1.96. The van der Waals surface area contributed by atoms with E-state index in [1.165, 1.54) is 18.2 Å². The number of carbonyl (C=O) groups is 3. The molecule has 2 amide bonds. The van der Waals surface area contributed by atoms with E-state index in [1.807, 2.05) is 0 Å². The molecule has 0 bridgehead atoms. The fourth-order valence-electron chi connectivity index (χ4n) is 2.36. The van der Waals surface area contributed by atoms with Gasteiger partial charge < -0.3 is 4.74 Å². The molecule has 5 nitrogen and oxygen atoms in total. The number of amides is 2. The third kappa shape index (κ3) is 3.62. The maximum Gasteiger partial charge on any atom is 0.326 e. The van der Waals surface area contributed by atoms with Gasteiger partial charge in [0, 0.05) is 6.42 Å². The number of hydrogen-bond acceptors (Lipinski definition) is 4. The second-order valence-electron chi connectivity index (χ2n) is 4.98. The molecule has 1 heterocycles. The zero-order chi connectivity index (χ0) is 16.3. The van der Waals surface area contributed by atoms with Crippen LogP contribution in [0.1, 0.15) is 18.9 Å². The molecule has 1 atom stereocenters. The first kappa shape index (κ1) is 16.4. The molecule has 1 saturated heterocycles. The topological polar surface area (TPSA) is 63.7 Å². The monoisotopic (exact) mass is 327 g/mol. The van der Waals surface area contributed by atoms with Crippen molar-refractivity contribution in [2.45, 2.75) is 19.8 Å². The van der Waals surface area contributed by atoms with Crippen molar-refractivity contribution in [1.29, 1.82) is 0 Å². The van der Waals surface area contributed by atoms with Gasteiger partial charge in [-0.25, -0.2) is 4.39 Å². The number of imide groups is 1. The lowest BCUT2D eigenvalue weighted by Gasteiger charge is -2.14. The quantitative estimate of drug-likeness (QED) is 0.612. The highest BCUT2D eigenvalue weighted by Crippen LogP contribution is 2.25. The fourth-order valence-corrected chi connectivity index (χ4v) is 2.57. The summed E-state index contributed by atoms with van der Waals surface area (Å²) in [5.41, 5.74) is 0.663. The highest BCUT2D eigenvalue weighted by molar-refractivity contribution is 6.30. The highest BCUT2D eigenvalue weighted by atomic mass is 35.5. The van der Waals surface area contributed by atoms with Gasteiger partial charge in [-0.15, -0.1) is 0 Å². The lowest BCUT2D eigenvalue weighted by Crippen LogP contribution is -2.36. The summed E-state index contributed by atoms with van der Waals surface area (Å²) in [4.78, 5) is 36.4. The van der Waals surface area contributed by atoms with E-state index in [0.717, 1.165) is 4.90 Å². The number of benzene rings is 1. The van der Waals surface area contributed by atoms with E-state index in [4.69, 9.17) is 16.3 Å². The van der Waals surface area contributed by atoms with Crippen LogP contribution in [0.2, 0.25) is 5.02 Å². The van der Waals surface area contributed by atoms with Crippen LogP contribution in [0.5, 0.6) is 0 Å². The molecule has 1 unspecified atom stereocenters. The number of nitrogens with zero attached hydrogens (tertiary/aromatic N) is 1. The average Bonchev–Trinajstić information content (AvgIpc) is 2.71. The maximum absolute atomic E-state index is 13.1.